The van der Waals surface area contributed by atoms with E-state index in [9.17, 15) is 9.18 Å². The van der Waals surface area contributed by atoms with Gasteiger partial charge in [0.1, 0.15) is 17.6 Å². The molecule has 106 valence electrons. The normalized spacial score (nSPS) is 10.2. The molecule has 0 fully saturated rings. The average molecular weight is 292 g/mol. The van der Waals surface area contributed by atoms with Crippen LogP contribution in [0, 0.1) is 17.1 Å². The standard InChI is InChI=1S/C16H9FN4O/c17-15-4-3-14(6-12(15)8-18)21-16(7-13(10-22)20-21)11-2-1-5-19-9-11/h1-7,9-10H. The lowest BCUT2D eigenvalue weighted by Crippen LogP contribution is -2.01. The number of nitriles is 1. The van der Waals surface area contributed by atoms with Crippen LogP contribution in [0.3, 0.4) is 0 Å². The molecule has 0 unspecified atom stereocenters. The predicted molar refractivity (Wildman–Crippen MR) is 76.9 cm³/mol. The fourth-order valence-electron chi connectivity index (χ4n) is 2.10. The highest BCUT2D eigenvalue weighted by Crippen LogP contribution is 2.24. The second kappa shape index (κ2) is 5.58. The third-order valence-electron chi connectivity index (χ3n) is 3.12. The molecule has 6 heteroatoms. The topological polar surface area (TPSA) is 71.6 Å². The van der Waals surface area contributed by atoms with Crippen LogP contribution in [-0.2, 0) is 0 Å². The van der Waals surface area contributed by atoms with Gasteiger partial charge in [0, 0.05) is 18.0 Å². The van der Waals surface area contributed by atoms with Crippen LogP contribution in [0.5, 0.6) is 0 Å². The van der Waals surface area contributed by atoms with E-state index in [1.54, 1.807) is 30.6 Å². The molecule has 5 nitrogen and oxygen atoms in total. The third kappa shape index (κ3) is 2.36. The molecule has 0 amide bonds. The zero-order valence-corrected chi connectivity index (χ0v) is 11.3. The summed E-state index contributed by atoms with van der Waals surface area (Å²) in [6, 6.07) is 11.1. The molecule has 22 heavy (non-hydrogen) atoms. The Labute approximate surface area is 125 Å². The van der Waals surface area contributed by atoms with Gasteiger partial charge in [-0.3, -0.25) is 9.78 Å². The van der Waals surface area contributed by atoms with Gasteiger partial charge in [0.05, 0.1) is 16.9 Å². The summed E-state index contributed by atoms with van der Waals surface area (Å²) < 4.78 is 14.9. The summed E-state index contributed by atoms with van der Waals surface area (Å²) in [4.78, 5) is 15.0. The molecule has 0 aliphatic carbocycles. The van der Waals surface area contributed by atoms with Crippen molar-refractivity contribution in [1.29, 1.82) is 5.26 Å². The molecular weight excluding hydrogens is 283 g/mol. The second-order valence-corrected chi connectivity index (χ2v) is 4.50. The molecule has 0 N–H and O–H groups in total. The minimum absolute atomic E-state index is 0.0854. The van der Waals surface area contributed by atoms with Gasteiger partial charge in [0.15, 0.2) is 6.29 Å². The number of halogens is 1. The Hall–Kier alpha value is -3.33. The number of rotatable bonds is 3. The van der Waals surface area contributed by atoms with Gasteiger partial charge >= 0.3 is 0 Å². The molecule has 2 heterocycles. The summed E-state index contributed by atoms with van der Waals surface area (Å²) in [5.74, 6) is -0.600. The number of pyridine rings is 1. The van der Waals surface area contributed by atoms with Crippen LogP contribution in [0.25, 0.3) is 16.9 Å². The molecule has 0 saturated carbocycles. The van der Waals surface area contributed by atoms with Gasteiger partial charge in [0.2, 0.25) is 0 Å². The lowest BCUT2D eigenvalue weighted by Gasteiger charge is -2.08. The minimum atomic E-state index is -0.600. The van der Waals surface area contributed by atoms with Gasteiger partial charge in [-0.25, -0.2) is 9.07 Å². The lowest BCUT2D eigenvalue weighted by molar-refractivity contribution is 0.111. The maximum absolute atomic E-state index is 13.5. The van der Waals surface area contributed by atoms with Gasteiger partial charge in [-0.2, -0.15) is 10.4 Å². The molecule has 3 aromatic rings. The van der Waals surface area contributed by atoms with Crippen molar-refractivity contribution in [2.75, 3.05) is 0 Å². The summed E-state index contributed by atoms with van der Waals surface area (Å²) in [7, 11) is 0. The van der Waals surface area contributed by atoms with E-state index >= 15 is 0 Å². The van der Waals surface area contributed by atoms with Crippen molar-refractivity contribution in [2.24, 2.45) is 0 Å². The van der Waals surface area contributed by atoms with Crippen LogP contribution in [0.4, 0.5) is 4.39 Å². The van der Waals surface area contributed by atoms with Crippen LogP contribution >= 0.6 is 0 Å². The number of aromatic nitrogens is 3. The van der Waals surface area contributed by atoms with Crippen LogP contribution in [0.1, 0.15) is 16.1 Å². The van der Waals surface area contributed by atoms with Crippen molar-refractivity contribution in [2.45, 2.75) is 0 Å². The van der Waals surface area contributed by atoms with Crippen molar-refractivity contribution in [3.8, 4) is 23.0 Å². The first-order valence-electron chi connectivity index (χ1n) is 6.38. The van der Waals surface area contributed by atoms with E-state index in [-0.39, 0.29) is 11.3 Å². The van der Waals surface area contributed by atoms with Crippen molar-refractivity contribution in [3.63, 3.8) is 0 Å². The van der Waals surface area contributed by atoms with Gasteiger partial charge in [-0.1, -0.05) is 0 Å². The first kappa shape index (κ1) is 13.6. The summed E-state index contributed by atoms with van der Waals surface area (Å²) in [6.45, 7) is 0. The number of hydrogen-bond acceptors (Lipinski definition) is 4. The monoisotopic (exact) mass is 292 g/mol. The van der Waals surface area contributed by atoms with Crippen molar-refractivity contribution in [1.82, 2.24) is 14.8 Å². The SMILES string of the molecule is N#Cc1cc(-n2nc(C=O)cc2-c2cccnc2)ccc1F. The summed E-state index contributed by atoms with van der Waals surface area (Å²) in [5.41, 5.74) is 2.03. The Morgan fingerprint density at radius 1 is 1.27 bits per heavy atom. The maximum atomic E-state index is 13.5. The molecule has 0 aliphatic rings. The van der Waals surface area contributed by atoms with Crippen LogP contribution in [0.15, 0.2) is 48.8 Å². The molecule has 0 spiro atoms. The summed E-state index contributed by atoms with van der Waals surface area (Å²) in [6.07, 6.45) is 3.90. The first-order valence-corrected chi connectivity index (χ1v) is 6.38. The zero-order valence-electron chi connectivity index (χ0n) is 11.3. The highest BCUT2D eigenvalue weighted by molar-refractivity contribution is 5.76. The van der Waals surface area contributed by atoms with E-state index < -0.39 is 5.82 Å². The molecule has 1 aromatic carbocycles. The van der Waals surface area contributed by atoms with E-state index in [4.69, 9.17) is 5.26 Å². The smallest absolute Gasteiger partial charge is 0.170 e. The fourth-order valence-corrected chi connectivity index (χ4v) is 2.10. The van der Waals surface area contributed by atoms with Crippen LogP contribution < -0.4 is 0 Å². The molecular formula is C16H9FN4O. The molecule has 0 bridgehead atoms. The molecule has 0 radical (unpaired) electrons. The highest BCUT2D eigenvalue weighted by Gasteiger charge is 2.13. The zero-order chi connectivity index (χ0) is 15.5. The van der Waals surface area contributed by atoms with Crippen molar-refractivity contribution in [3.05, 3.63) is 65.9 Å². The van der Waals surface area contributed by atoms with E-state index in [1.165, 1.54) is 22.9 Å². The molecule has 0 saturated heterocycles. The predicted octanol–water partition coefficient (Wildman–Crippen LogP) is 2.76. The van der Waals surface area contributed by atoms with Crippen molar-refractivity contribution >= 4 is 6.29 Å². The van der Waals surface area contributed by atoms with Gasteiger partial charge in [-0.05, 0) is 36.4 Å². The Bertz CT molecular complexity index is 881. The Morgan fingerprint density at radius 2 is 2.14 bits per heavy atom. The molecule has 0 atom stereocenters. The second-order valence-electron chi connectivity index (χ2n) is 4.50. The summed E-state index contributed by atoms with van der Waals surface area (Å²) in [5, 5.41) is 13.1. The van der Waals surface area contributed by atoms with Gasteiger partial charge < -0.3 is 0 Å². The number of carbonyl (C=O) groups excluding carboxylic acids is 1. The largest absolute Gasteiger partial charge is 0.296 e. The number of nitrogens with zero attached hydrogens (tertiary/aromatic N) is 4. The first-order chi connectivity index (χ1) is 10.7. The lowest BCUT2D eigenvalue weighted by atomic mass is 10.1. The van der Waals surface area contributed by atoms with Crippen LogP contribution in [-0.4, -0.2) is 21.1 Å². The van der Waals surface area contributed by atoms with Gasteiger partial charge in [-0.15, -0.1) is 0 Å². The van der Waals surface area contributed by atoms with Crippen molar-refractivity contribution < 1.29 is 9.18 Å². The fraction of sp³-hybridized carbons (Fsp3) is 0. The van der Waals surface area contributed by atoms with E-state index in [0.29, 0.717) is 17.7 Å². The van der Waals surface area contributed by atoms with E-state index in [0.717, 1.165) is 5.56 Å². The van der Waals surface area contributed by atoms with E-state index in [1.807, 2.05) is 6.07 Å². The van der Waals surface area contributed by atoms with E-state index in [2.05, 4.69) is 10.1 Å². The average Bonchev–Trinajstić information content (AvgIpc) is 3.00. The molecule has 3 rings (SSSR count). The quantitative estimate of drug-likeness (QED) is 0.696. The highest BCUT2D eigenvalue weighted by atomic mass is 19.1. The number of benzene rings is 1. The Kier molecular flexibility index (Phi) is 3.46. The van der Waals surface area contributed by atoms with Crippen LogP contribution in [0.2, 0.25) is 0 Å². The number of carbonyl (C=O) groups is 1. The number of hydrogen-bond donors (Lipinski definition) is 0. The third-order valence-corrected chi connectivity index (χ3v) is 3.12. The van der Waals surface area contributed by atoms with Gasteiger partial charge in [0.25, 0.3) is 0 Å². The summed E-state index contributed by atoms with van der Waals surface area (Å²) >= 11 is 0. The Balaban J connectivity index is 2.21. The minimum Gasteiger partial charge on any atom is -0.296 e. The number of aldehydes is 1. The maximum Gasteiger partial charge on any atom is 0.170 e. The molecule has 0 aliphatic heterocycles. The Morgan fingerprint density at radius 3 is 2.82 bits per heavy atom. The molecule has 2 aromatic heterocycles.